The van der Waals surface area contributed by atoms with Crippen LogP contribution in [0.1, 0.15) is 23.7 Å². The smallest absolute Gasteiger partial charge is 0.0758 e. The maximum absolute atomic E-state index is 6.24. The average Bonchev–Trinajstić information content (AvgIpc) is 2.85. The highest BCUT2D eigenvalue weighted by molar-refractivity contribution is 6.35. The molecule has 104 valence electrons. The largest absolute Gasteiger partial charge is 0.372 e. The van der Waals surface area contributed by atoms with Crippen molar-refractivity contribution < 1.29 is 4.74 Å². The Balaban J connectivity index is 1.98. The molecule has 20 heavy (non-hydrogen) atoms. The van der Waals surface area contributed by atoms with Gasteiger partial charge in [0, 0.05) is 15.6 Å². The van der Waals surface area contributed by atoms with E-state index in [2.05, 4.69) is 11.2 Å². The molecule has 1 aromatic carbocycles. The summed E-state index contributed by atoms with van der Waals surface area (Å²) >= 11 is 12.2. The minimum atomic E-state index is 0.612. The van der Waals surface area contributed by atoms with E-state index < -0.39 is 0 Å². The van der Waals surface area contributed by atoms with Crippen LogP contribution < -0.4 is 0 Å². The Bertz CT molecular complexity index is 677. The summed E-state index contributed by atoms with van der Waals surface area (Å²) in [5.41, 5.74) is 4.43. The summed E-state index contributed by atoms with van der Waals surface area (Å²) in [6.45, 7) is 3.88. The monoisotopic (exact) mass is 308 g/mol. The minimum absolute atomic E-state index is 0.612. The van der Waals surface area contributed by atoms with Crippen molar-refractivity contribution in [3.8, 4) is 0 Å². The third kappa shape index (κ3) is 2.49. The van der Waals surface area contributed by atoms with Gasteiger partial charge in [-0.25, -0.2) is 0 Å². The minimum Gasteiger partial charge on any atom is -0.372 e. The fraction of sp³-hybridized carbons (Fsp3) is 0.267. The van der Waals surface area contributed by atoms with Crippen LogP contribution in [-0.4, -0.2) is 16.4 Å². The van der Waals surface area contributed by atoms with Crippen molar-refractivity contribution >= 4 is 28.8 Å². The summed E-state index contributed by atoms with van der Waals surface area (Å²) in [5.74, 6) is 0. The summed E-state index contributed by atoms with van der Waals surface area (Å²) in [7, 11) is 0. The molecule has 1 aromatic heterocycles. The van der Waals surface area contributed by atoms with Gasteiger partial charge in [0.2, 0.25) is 0 Å². The molecule has 2 aromatic rings. The highest BCUT2D eigenvalue weighted by atomic mass is 35.5. The molecule has 3 rings (SSSR count). The van der Waals surface area contributed by atoms with E-state index in [4.69, 9.17) is 27.9 Å². The number of halogens is 2. The van der Waals surface area contributed by atoms with Crippen LogP contribution in [0.25, 0.3) is 5.57 Å². The van der Waals surface area contributed by atoms with Crippen LogP contribution >= 0.6 is 23.2 Å². The number of aromatic nitrogens is 2. The lowest BCUT2D eigenvalue weighted by Crippen LogP contribution is -2.14. The molecule has 3 nitrogen and oxygen atoms in total. The molecule has 1 aliphatic heterocycles. The zero-order chi connectivity index (χ0) is 14.1. The molecule has 0 saturated carbocycles. The van der Waals surface area contributed by atoms with Gasteiger partial charge in [-0.05, 0) is 30.2 Å². The number of ether oxygens (including phenoxy) is 1. The van der Waals surface area contributed by atoms with Crippen molar-refractivity contribution in [2.24, 2.45) is 0 Å². The average molecular weight is 309 g/mol. The predicted octanol–water partition coefficient (Wildman–Crippen LogP) is 4.17. The number of hydrogen-bond acceptors (Lipinski definition) is 2. The first-order chi connectivity index (χ1) is 9.69. The lowest BCUT2D eigenvalue weighted by atomic mass is 10.1. The molecule has 0 radical (unpaired) electrons. The molecule has 0 atom stereocenters. The summed E-state index contributed by atoms with van der Waals surface area (Å²) in [4.78, 5) is 0. The van der Waals surface area contributed by atoms with Gasteiger partial charge in [-0.15, -0.1) is 0 Å². The van der Waals surface area contributed by atoms with Gasteiger partial charge in [0.05, 0.1) is 31.6 Å². The van der Waals surface area contributed by atoms with E-state index in [-0.39, 0.29) is 0 Å². The quantitative estimate of drug-likeness (QED) is 0.832. The lowest BCUT2D eigenvalue weighted by Gasteiger charge is -2.18. The van der Waals surface area contributed by atoms with Gasteiger partial charge in [-0.2, -0.15) is 5.10 Å². The number of rotatable bonds is 2. The normalized spacial score (nSPS) is 16.4. The second-order valence-electron chi connectivity index (χ2n) is 4.72. The number of hydrogen-bond donors (Lipinski definition) is 0. The first-order valence-corrected chi connectivity index (χ1v) is 7.16. The second kappa shape index (κ2) is 5.60. The molecule has 0 spiro atoms. The molecule has 0 unspecified atom stereocenters. The Hall–Kier alpha value is -1.29. The Morgan fingerprint density at radius 3 is 2.95 bits per heavy atom. The lowest BCUT2D eigenvalue weighted by molar-refractivity contribution is 0.145. The topological polar surface area (TPSA) is 27.1 Å². The van der Waals surface area contributed by atoms with Crippen LogP contribution in [0.3, 0.4) is 0 Å². The number of nitrogens with zero attached hydrogens (tertiary/aromatic N) is 2. The van der Waals surface area contributed by atoms with Crippen molar-refractivity contribution in [3.05, 3.63) is 57.3 Å². The fourth-order valence-electron chi connectivity index (χ4n) is 2.39. The Labute approximate surface area is 127 Å². The zero-order valence-corrected chi connectivity index (χ0v) is 12.6. The second-order valence-corrected chi connectivity index (χ2v) is 5.56. The molecule has 2 heterocycles. The Morgan fingerprint density at radius 2 is 2.20 bits per heavy atom. The molecule has 1 aliphatic rings. The van der Waals surface area contributed by atoms with Gasteiger partial charge in [0.15, 0.2) is 0 Å². The first-order valence-electron chi connectivity index (χ1n) is 6.41. The van der Waals surface area contributed by atoms with Crippen molar-refractivity contribution in [1.82, 2.24) is 9.78 Å². The highest BCUT2D eigenvalue weighted by Gasteiger charge is 2.20. The van der Waals surface area contributed by atoms with Crippen molar-refractivity contribution in [1.29, 1.82) is 0 Å². The van der Waals surface area contributed by atoms with Gasteiger partial charge >= 0.3 is 0 Å². The molecule has 0 bridgehead atoms. The summed E-state index contributed by atoms with van der Waals surface area (Å²) < 4.78 is 7.51. The van der Waals surface area contributed by atoms with Gasteiger partial charge < -0.3 is 4.74 Å². The third-order valence-electron chi connectivity index (χ3n) is 3.42. The Morgan fingerprint density at radius 1 is 1.35 bits per heavy atom. The van der Waals surface area contributed by atoms with E-state index in [0.29, 0.717) is 29.8 Å². The highest BCUT2D eigenvalue weighted by Crippen LogP contribution is 2.28. The number of fused-ring (bicyclic) bond motifs is 1. The molecule has 0 N–H and O–H groups in total. The number of allylic oxidation sites excluding steroid dienone is 1. The van der Waals surface area contributed by atoms with Gasteiger partial charge in [-0.3, -0.25) is 4.68 Å². The van der Waals surface area contributed by atoms with Crippen molar-refractivity contribution in [2.75, 3.05) is 6.61 Å². The van der Waals surface area contributed by atoms with E-state index in [1.165, 1.54) is 0 Å². The summed E-state index contributed by atoms with van der Waals surface area (Å²) in [5, 5.41) is 5.76. The van der Waals surface area contributed by atoms with E-state index in [1.807, 2.05) is 29.9 Å². The molecular weight excluding hydrogens is 295 g/mol. The Kier molecular flexibility index (Phi) is 3.83. The third-order valence-corrected chi connectivity index (χ3v) is 4.01. The van der Waals surface area contributed by atoms with E-state index in [9.17, 15) is 0 Å². The zero-order valence-electron chi connectivity index (χ0n) is 11.1. The fourth-order valence-corrected chi connectivity index (χ4v) is 2.86. The molecule has 0 aliphatic carbocycles. The maximum atomic E-state index is 6.24. The van der Waals surface area contributed by atoms with E-state index >= 15 is 0 Å². The summed E-state index contributed by atoms with van der Waals surface area (Å²) in [6, 6.07) is 5.54. The molecule has 0 saturated heterocycles. The van der Waals surface area contributed by atoms with Crippen LogP contribution in [0.5, 0.6) is 0 Å². The predicted molar refractivity (Wildman–Crippen MR) is 81.1 cm³/mol. The van der Waals surface area contributed by atoms with E-state index in [1.54, 1.807) is 6.07 Å². The van der Waals surface area contributed by atoms with Crippen molar-refractivity contribution in [3.63, 3.8) is 0 Å². The number of benzene rings is 1. The van der Waals surface area contributed by atoms with Crippen molar-refractivity contribution in [2.45, 2.75) is 20.1 Å². The van der Waals surface area contributed by atoms with Gasteiger partial charge in [0.25, 0.3) is 0 Å². The molecule has 0 fully saturated rings. The standard InChI is InChI=1S/C15H14Cl2N2O/c1-2-10-8-20-9-12-6-18-19(15(10)12)7-11-3-4-13(16)5-14(11)17/h2-6H,7-9H2,1H3/b10-2+. The maximum Gasteiger partial charge on any atom is 0.0758 e. The first kappa shape index (κ1) is 13.7. The van der Waals surface area contributed by atoms with Crippen LogP contribution in [0.2, 0.25) is 10.0 Å². The summed E-state index contributed by atoms with van der Waals surface area (Å²) in [6.07, 6.45) is 3.93. The molecule has 5 heteroatoms. The SMILES string of the molecule is C/C=C1\COCc2cnn(Cc3ccc(Cl)cc3Cl)c21. The van der Waals surface area contributed by atoms with E-state index in [0.717, 1.165) is 22.4 Å². The van der Waals surface area contributed by atoms with Crippen LogP contribution in [0.15, 0.2) is 30.5 Å². The van der Waals surface area contributed by atoms with Gasteiger partial charge in [0.1, 0.15) is 0 Å². The molecular formula is C15H14Cl2N2O. The van der Waals surface area contributed by atoms with Crippen LogP contribution in [-0.2, 0) is 17.9 Å². The van der Waals surface area contributed by atoms with Crippen LogP contribution in [0, 0.1) is 0 Å². The van der Waals surface area contributed by atoms with Crippen LogP contribution in [0.4, 0.5) is 0 Å². The molecule has 0 amide bonds. The van der Waals surface area contributed by atoms with Gasteiger partial charge in [-0.1, -0.05) is 35.3 Å².